The second-order valence-electron chi connectivity index (χ2n) is 8.19. The van der Waals surface area contributed by atoms with E-state index in [1.54, 1.807) is 24.3 Å². The van der Waals surface area contributed by atoms with Crippen molar-refractivity contribution in [2.75, 3.05) is 19.6 Å². The molecule has 1 amide bonds. The molecule has 1 heterocycles. The van der Waals surface area contributed by atoms with E-state index in [0.717, 1.165) is 16.5 Å². The van der Waals surface area contributed by atoms with Gasteiger partial charge in [-0.3, -0.25) is 4.79 Å². The van der Waals surface area contributed by atoms with Gasteiger partial charge in [0.25, 0.3) is 0 Å². The first-order chi connectivity index (χ1) is 14.2. The van der Waals surface area contributed by atoms with Crippen LogP contribution in [-0.4, -0.2) is 43.2 Å². The standard InChI is InChI=1S/C23H29BrN2O3S/c1-17(2)12-14-25(30(28,29)21-10-8-20(24)9-11-21)16-23(27)26-15-13-19-6-4-5-7-22(19)18(26)3/h4-11,17-18H,12-16H2,1-3H3. The summed E-state index contributed by atoms with van der Waals surface area (Å²) in [5.74, 6) is 0.185. The van der Waals surface area contributed by atoms with Crippen LogP contribution < -0.4 is 0 Å². The van der Waals surface area contributed by atoms with E-state index >= 15 is 0 Å². The Balaban J connectivity index is 1.83. The fourth-order valence-corrected chi connectivity index (χ4v) is 5.46. The molecular weight excluding hydrogens is 464 g/mol. The number of carbonyl (C=O) groups is 1. The van der Waals surface area contributed by atoms with Crippen molar-refractivity contribution in [3.63, 3.8) is 0 Å². The first-order valence-corrected chi connectivity index (χ1v) is 12.6. The number of fused-ring (bicyclic) bond motifs is 1. The van der Waals surface area contributed by atoms with Crippen LogP contribution in [0.25, 0.3) is 0 Å². The van der Waals surface area contributed by atoms with Crippen LogP contribution in [0.1, 0.15) is 44.4 Å². The van der Waals surface area contributed by atoms with Crippen LogP contribution in [0.15, 0.2) is 57.9 Å². The second kappa shape index (κ2) is 9.62. The predicted molar refractivity (Wildman–Crippen MR) is 123 cm³/mol. The highest BCUT2D eigenvalue weighted by Crippen LogP contribution is 2.29. The fourth-order valence-electron chi connectivity index (χ4n) is 3.80. The molecular formula is C23H29BrN2O3S. The van der Waals surface area contributed by atoms with Crippen molar-refractivity contribution in [1.82, 2.24) is 9.21 Å². The van der Waals surface area contributed by atoms with Gasteiger partial charge < -0.3 is 4.90 Å². The average molecular weight is 493 g/mol. The summed E-state index contributed by atoms with van der Waals surface area (Å²) in [7, 11) is -3.76. The summed E-state index contributed by atoms with van der Waals surface area (Å²) >= 11 is 3.34. The zero-order chi connectivity index (χ0) is 21.9. The highest BCUT2D eigenvalue weighted by molar-refractivity contribution is 9.10. The Morgan fingerprint density at radius 2 is 1.83 bits per heavy atom. The summed E-state index contributed by atoms with van der Waals surface area (Å²) in [4.78, 5) is 15.2. The summed E-state index contributed by atoms with van der Waals surface area (Å²) in [6.07, 6.45) is 1.49. The first kappa shape index (κ1) is 23.0. The normalized spacial score (nSPS) is 16.7. The van der Waals surface area contributed by atoms with E-state index in [9.17, 15) is 13.2 Å². The molecule has 0 N–H and O–H groups in total. The Kier molecular flexibility index (Phi) is 7.37. The largest absolute Gasteiger partial charge is 0.334 e. The molecule has 1 atom stereocenters. The smallest absolute Gasteiger partial charge is 0.243 e. The van der Waals surface area contributed by atoms with Gasteiger partial charge in [0.15, 0.2) is 0 Å². The lowest BCUT2D eigenvalue weighted by atomic mass is 9.93. The monoisotopic (exact) mass is 492 g/mol. The molecule has 1 aliphatic rings. The molecule has 0 aliphatic carbocycles. The zero-order valence-electron chi connectivity index (χ0n) is 17.7. The number of hydrogen-bond donors (Lipinski definition) is 0. The number of carbonyl (C=O) groups excluding carboxylic acids is 1. The molecule has 2 aromatic carbocycles. The van der Waals surface area contributed by atoms with Crippen LogP contribution >= 0.6 is 15.9 Å². The Labute approximate surface area is 188 Å². The minimum Gasteiger partial charge on any atom is -0.334 e. The lowest BCUT2D eigenvalue weighted by Gasteiger charge is -2.36. The average Bonchev–Trinajstić information content (AvgIpc) is 2.71. The van der Waals surface area contributed by atoms with Gasteiger partial charge in [-0.15, -0.1) is 0 Å². The first-order valence-electron chi connectivity index (χ1n) is 10.3. The maximum atomic E-state index is 13.3. The van der Waals surface area contributed by atoms with Crippen molar-refractivity contribution in [1.29, 1.82) is 0 Å². The van der Waals surface area contributed by atoms with Crippen molar-refractivity contribution in [2.45, 2.75) is 44.6 Å². The number of amides is 1. The Hall–Kier alpha value is -1.70. The van der Waals surface area contributed by atoms with Crippen LogP contribution in [0, 0.1) is 5.92 Å². The second-order valence-corrected chi connectivity index (χ2v) is 11.0. The molecule has 0 spiro atoms. The van der Waals surface area contributed by atoms with Gasteiger partial charge in [0.05, 0.1) is 17.5 Å². The van der Waals surface area contributed by atoms with Crippen molar-refractivity contribution in [3.8, 4) is 0 Å². The number of halogens is 1. The fraction of sp³-hybridized carbons (Fsp3) is 0.435. The Morgan fingerprint density at radius 3 is 2.50 bits per heavy atom. The molecule has 0 saturated heterocycles. The SMILES string of the molecule is CC(C)CCN(CC(=O)N1CCc2ccccc2C1C)S(=O)(=O)c1ccc(Br)cc1. The summed E-state index contributed by atoms with van der Waals surface area (Å²) in [5, 5.41) is 0. The van der Waals surface area contributed by atoms with Crippen LogP contribution in [0.2, 0.25) is 0 Å². The zero-order valence-corrected chi connectivity index (χ0v) is 20.1. The minimum atomic E-state index is -3.76. The van der Waals surface area contributed by atoms with E-state index in [2.05, 4.69) is 41.9 Å². The Morgan fingerprint density at radius 1 is 1.17 bits per heavy atom. The summed E-state index contributed by atoms with van der Waals surface area (Å²) < 4.78 is 28.7. The molecule has 2 aromatic rings. The van der Waals surface area contributed by atoms with Gasteiger partial charge in [0.2, 0.25) is 15.9 Å². The van der Waals surface area contributed by atoms with Gasteiger partial charge in [-0.05, 0) is 61.1 Å². The van der Waals surface area contributed by atoms with Crippen LogP contribution in [0.5, 0.6) is 0 Å². The van der Waals surface area contributed by atoms with Crippen LogP contribution in [-0.2, 0) is 21.2 Å². The number of rotatable bonds is 7. The number of nitrogens with zero attached hydrogens (tertiary/aromatic N) is 2. The minimum absolute atomic E-state index is 0.0650. The molecule has 0 fully saturated rings. The van der Waals surface area contributed by atoms with E-state index in [-0.39, 0.29) is 23.4 Å². The van der Waals surface area contributed by atoms with E-state index < -0.39 is 10.0 Å². The molecule has 3 rings (SSSR count). The summed E-state index contributed by atoms with van der Waals surface area (Å²) in [6.45, 7) is 6.90. The molecule has 0 radical (unpaired) electrons. The van der Waals surface area contributed by atoms with Crippen molar-refractivity contribution in [3.05, 3.63) is 64.1 Å². The van der Waals surface area contributed by atoms with Crippen molar-refractivity contribution < 1.29 is 13.2 Å². The molecule has 0 saturated carbocycles. The topological polar surface area (TPSA) is 57.7 Å². The van der Waals surface area contributed by atoms with Gasteiger partial charge in [-0.1, -0.05) is 54.0 Å². The van der Waals surface area contributed by atoms with Gasteiger partial charge in [-0.25, -0.2) is 8.42 Å². The predicted octanol–water partition coefficient (Wildman–Crippen LogP) is 4.63. The van der Waals surface area contributed by atoms with Gasteiger partial charge in [0, 0.05) is 17.6 Å². The maximum Gasteiger partial charge on any atom is 0.243 e. The van der Waals surface area contributed by atoms with Crippen molar-refractivity contribution >= 4 is 31.9 Å². The quantitative estimate of drug-likeness (QED) is 0.565. The lowest BCUT2D eigenvalue weighted by Crippen LogP contribution is -2.46. The maximum absolute atomic E-state index is 13.3. The van der Waals surface area contributed by atoms with E-state index in [1.807, 2.05) is 24.0 Å². The highest BCUT2D eigenvalue weighted by atomic mass is 79.9. The lowest BCUT2D eigenvalue weighted by molar-refractivity contribution is -0.134. The molecule has 7 heteroatoms. The van der Waals surface area contributed by atoms with Crippen LogP contribution in [0.3, 0.4) is 0 Å². The molecule has 1 unspecified atom stereocenters. The molecule has 30 heavy (non-hydrogen) atoms. The van der Waals surface area contributed by atoms with E-state index in [4.69, 9.17) is 0 Å². The molecule has 0 aromatic heterocycles. The highest BCUT2D eigenvalue weighted by Gasteiger charge is 2.32. The van der Waals surface area contributed by atoms with Crippen LogP contribution in [0.4, 0.5) is 0 Å². The third-order valence-corrected chi connectivity index (χ3v) is 8.02. The number of sulfonamides is 1. The molecule has 0 bridgehead atoms. The van der Waals surface area contributed by atoms with Gasteiger partial charge in [0.1, 0.15) is 0 Å². The van der Waals surface area contributed by atoms with E-state index in [0.29, 0.717) is 25.4 Å². The molecule has 1 aliphatic heterocycles. The molecule has 162 valence electrons. The van der Waals surface area contributed by atoms with Gasteiger partial charge in [-0.2, -0.15) is 4.31 Å². The third kappa shape index (κ3) is 5.13. The van der Waals surface area contributed by atoms with Gasteiger partial charge >= 0.3 is 0 Å². The third-order valence-electron chi connectivity index (χ3n) is 5.63. The summed E-state index contributed by atoms with van der Waals surface area (Å²) in [6, 6.07) is 14.6. The van der Waals surface area contributed by atoms with Crippen molar-refractivity contribution in [2.24, 2.45) is 5.92 Å². The Bertz CT molecular complexity index is 990. The number of hydrogen-bond acceptors (Lipinski definition) is 3. The molecule has 5 nitrogen and oxygen atoms in total. The summed E-state index contributed by atoms with van der Waals surface area (Å²) in [5.41, 5.74) is 2.40. The van der Waals surface area contributed by atoms with E-state index in [1.165, 1.54) is 9.87 Å². The number of benzene rings is 2.